The second-order valence-electron chi connectivity index (χ2n) is 7.07. The number of ether oxygens (including phenoxy) is 2. The lowest BCUT2D eigenvalue weighted by Gasteiger charge is -2.10. The molecule has 32 heavy (non-hydrogen) atoms. The van der Waals surface area contributed by atoms with Crippen molar-refractivity contribution < 1.29 is 19.1 Å². The number of carbonyl (C=O) groups is 2. The Morgan fingerprint density at radius 3 is 1.88 bits per heavy atom. The maximum atomic E-state index is 12.5. The van der Waals surface area contributed by atoms with E-state index in [0.717, 1.165) is 22.6 Å². The highest BCUT2D eigenvalue weighted by Crippen LogP contribution is 2.18. The third-order valence-corrected chi connectivity index (χ3v) is 5.00. The van der Waals surface area contributed by atoms with Crippen LogP contribution in [0.2, 0.25) is 0 Å². The number of amides is 2. The van der Waals surface area contributed by atoms with Crippen molar-refractivity contribution in [2.24, 2.45) is 0 Å². The summed E-state index contributed by atoms with van der Waals surface area (Å²) in [5, 5.41) is 5.71. The summed E-state index contributed by atoms with van der Waals surface area (Å²) in [4.78, 5) is 29.1. The van der Waals surface area contributed by atoms with E-state index in [2.05, 4.69) is 15.6 Å². The monoisotopic (exact) mass is 433 g/mol. The average Bonchev–Trinajstić information content (AvgIpc) is 2.84. The molecule has 166 valence electrons. The molecule has 0 atom stereocenters. The highest BCUT2D eigenvalue weighted by Gasteiger charge is 2.12. The third kappa shape index (κ3) is 6.07. The van der Waals surface area contributed by atoms with E-state index in [1.165, 1.54) is 12.3 Å². The highest BCUT2D eigenvalue weighted by atomic mass is 16.5. The van der Waals surface area contributed by atoms with Crippen molar-refractivity contribution in [1.82, 2.24) is 15.6 Å². The average molecular weight is 434 g/mol. The summed E-state index contributed by atoms with van der Waals surface area (Å²) in [7, 11) is 3.24. The van der Waals surface area contributed by atoms with Gasteiger partial charge in [0.25, 0.3) is 11.8 Å². The largest absolute Gasteiger partial charge is 0.496 e. The first-order chi connectivity index (χ1) is 15.6. The molecule has 1 heterocycles. The van der Waals surface area contributed by atoms with Gasteiger partial charge in [0.2, 0.25) is 0 Å². The molecule has 0 aliphatic rings. The van der Waals surface area contributed by atoms with Gasteiger partial charge < -0.3 is 20.1 Å². The second-order valence-corrected chi connectivity index (χ2v) is 7.07. The fraction of sp³-hybridized carbons (Fsp3) is 0.240. The minimum atomic E-state index is -0.330. The molecule has 0 aliphatic heterocycles. The lowest BCUT2D eigenvalue weighted by molar-refractivity contribution is 0.0949. The molecule has 3 rings (SSSR count). The maximum Gasteiger partial charge on any atom is 0.269 e. The molecule has 2 N–H and O–H groups in total. The van der Waals surface area contributed by atoms with E-state index in [9.17, 15) is 9.59 Å². The van der Waals surface area contributed by atoms with Crippen LogP contribution in [0, 0.1) is 0 Å². The summed E-state index contributed by atoms with van der Waals surface area (Å²) in [5.74, 6) is 0.985. The number of para-hydroxylation sites is 2. The lowest BCUT2D eigenvalue weighted by atomic mass is 10.1. The van der Waals surface area contributed by atoms with Crippen LogP contribution in [-0.4, -0.2) is 44.1 Å². The predicted molar refractivity (Wildman–Crippen MR) is 122 cm³/mol. The number of nitrogens with zero attached hydrogens (tertiary/aromatic N) is 1. The zero-order valence-electron chi connectivity index (χ0n) is 18.3. The van der Waals surface area contributed by atoms with E-state index in [-0.39, 0.29) is 17.5 Å². The van der Waals surface area contributed by atoms with Crippen molar-refractivity contribution in [3.8, 4) is 11.5 Å². The van der Waals surface area contributed by atoms with Gasteiger partial charge in [0.15, 0.2) is 0 Å². The summed E-state index contributed by atoms with van der Waals surface area (Å²) < 4.78 is 10.7. The van der Waals surface area contributed by atoms with Crippen molar-refractivity contribution in [2.45, 2.75) is 12.8 Å². The quantitative estimate of drug-likeness (QED) is 0.513. The molecule has 0 unspecified atom stereocenters. The second kappa shape index (κ2) is 11.5. The first-order valence-electron chi connectivity index (χ1n) is 10.4. The van der Waals surface area contributed by atoms with Crippen LogP contribution < -0.4 is 20.1 Å². The molecular weight excluding hydrogens is 406 g/mol. The van der Waals surface area contributed by atoms with E-state index < -0.39 is 0 Å². The van der Waals surface area contributed by atoms with Crippen LogP contribution in [0.25, 0.3) is 0 Å². The molecule has 0 fully saturated rings. The summed E-state index contributed by atoms with van der Waals surface area (Å²) in [6, 6.07) is 18.4. The maximum absolute atomic E-state index is 12.5. The van der Waals surface area contributed by atoms with Gasteiger partial charge in [-0.25, -0.2) is 0 Å². The number of hydrogen-bond donors (Lipinski definition) is 2. The number of rotatable bonds is 10. The molecule has 3 aromatic rings. The molecule has 0 spiro atoms. The van der Waals surface area contributed by atoms with E-state index >= 15 is 0 Å². The van der Waals surface area contributed by atoms with Crippen molar-refractivity contribution >= 4 is 11.8 Å². The van der Waals surface area contributed by atoms with Gasteiger partial charge in [0.05, 0.1) is 14.2 Å². The van der Waals surface area contributed by atoms with Gasteiger partial charge in [-0.3, -0.25) is 14.6 Å². The van der Waals surface area contributed by atoms with Crippen LogP contribution >= 0.6 is 0 Å². The number of methoxy groups -OCH3 is 2. The number of aromatic nitrogens is 1. The number of hydrogen-bond acceptors (Lipinski definition) is 5. The first-order valence-corrected chi connectivity index (χ1v) is 10.4. The van der Waals surface area contributed by atoms with Crippen molar-refractivity contribution in [1.29, 1.82) is 0 Å². The Balaban J connectivity index is 1.52. The lowest BCUT2D eigenvalue weighted by Crippen LogP contribution is -2.28. The Labute approximate surface area is 187 Å². The topological polar surface area (TPSA) is 89.5 Å². The van der Waals surface area contributed by atoms with E-state index in [1.807, 2.05) is 48.5 Å². The van der Waals surface area contributed by atoms with Crippen molar-refractivity contribution in [3.05, 3.63) is 89.2 Å². The third-order valence-electron chi connectivity index (χ3n) is 5.00. The number of carbonyl (C=O) groups excluding carboxylic acids is 2. The Hall–Kier alpha value is -3.87. The van der Waals surface area contributed by atoms with Crippen molar-refractivity contribution in [3.63, 3.8) is 0 Å². The standard InChI is InChI=1S/C25H27N3O4/c1-31-22-9-5-3-7-18(22)11-15-27-24(29)20-13-14-26-21(17-20)25(30)28-16-12-19-8-4-6-10-23(19)32-2/h3-10,13-14,17H,11-12,15-16H2,1-2H3,(H,27,29)(H,28,30). The van der Waals surface area contributed by atoms with Gasteiger partial charge in [0.1, 0.15) is 17.2 Å². The van der Waals surface area contributed by atoms with Gasteiger partial charge in [0, 0.05) is 24.8 Å². The van der Waals surface area contributed by atoms with Gasteiger partial charge >= 0.3 is 0 Å². The molecule has 0 aliphatic carbocycles. The SMILES string of the molecule is COc1ccccc1CCNC(=O)c1ccnc(C(=O)NCCc2ccccc2OC)c1. The minimum absolute atomic E-state index is 0.197. The predicted octanol–water partition coefficient (Wildman–Crippen LogP) is 3.04. The van der Waals surface area contributed by atoms with Gasteiger partial charge in [-0.1, -0.05) is 36.4 Å². The van der Waals surface area contributed by atoms with Crippen molar-refractivity contribution in [2.75, 3.05) is 27.3 Å². The smallest absolute Gasteiger partial charge is 0.269 e. The Bertz CT molecular complexity index is 988. The van der Waals surface area contributed by atoms with Crippen LogP contribution in [0.1, 0.15) is 32.0 Å². The van der Waals surface area contributed by atoms with Crippen LogP contribution in [-0.2, 0) is 12.8 Å². The molecule has 1 aromatic heterocycles. The summed E-state index contributed by atoms with van der Waals surface area (Å²) >= 11 is 0. The first kappa shape index (κ1) is 22.8. The Kier molecular flexibility index (Phi) is 8.20. The van der Waals surface area contributed by atoms with Gasteiger partial charge in [-0.2, -0.15) is 0 Å². The van der Waals surface area contributed by atoms with Crippen LogP contribution in [0.15, 0.2) is 66.9 Å². The van der Waals surface area contributed by atoms with Crippen LogP contribution in [0.3, 0.4) is 0 Å². The molecule has 2 aromatic carbocycles. The Morgan fingerprint density at radius 1 is 0.781 bits per heavy atom. The van der Waals surface area contributed by atoms with E-state index in [4.69, 9.17) is 9.47 Å². The Morgan fingerprint density at radius 2 is 1.31 bits per heavy atom. The molecule has 0 radical (unpaired) electrons. The van der Waals surface area contributed by atoms with E-state index in [0.29, 0.717) is 31.5 Å². The normalized spacial score (nSPS) is 10.3. The van der Waals surface area contributed by atoms with Gasteiger partial charge in [-0.15, -0.1) is 0 Å². The van der Waals surface area contributed by atoms with Gasteiger partial charge in [-0.05, 0) is 48.2 Å². The summed E-state index contributed by atoms with van der Waals surface area (Å²) in [5.41, 5.74) is 2.60. The number of nitrogens with one attached hydrogen (secondary N) is 2. The molecule has 7 nitrogen and oxygen atoms in total. The molecule has 0 saturated carbocycles. The fourth-order valence-corrected chi connectivity index (χ4v) is 3.33. The molecule has 2 amide bonds. The van der Waals surface area contributed by atoms with E-state index in [1.54, 1.807) is 20.3 Å². The highest BCUT2D eigenvalue weighted by molar-refractivity contribution is 5.98. The summed E-state index contributed by atoms with van der Waals surface area (Å²) in [6.07, 6.45) is 2.72. The number of benzene rings is 2. The van der Waals surface area contributed by atoms with Crippen LogP contribution in [0.5, 0.6) is 11.5 Å². The molecule has 7 heteroatoms. The summed E-state index contributed by atoms with van der Waals surface area (Å²) in [6.45, 7) is 0.873. The molecular formula is C25H27N3O4. The molecule has 0 bridgehead atoms. The zero-order valence-corrected chi connectivity index (χ0v) is 18.3. The zero-order chi connectivity index (χ0) is 22.8. The molecule has 0 saturated heterocycles. The minimum Gasteiger partial charge on any atom is -0.496 e. The van der Waals surface area contributed by atoms with Crippen LogP contribution in [0.4, 0.5) is 0 Å². The fourth-order valence-electron chi connectivity index (χ4n) is 3.33. The number of pyridine rings is 1.